The summed E-state index contributed by atoms with van der Waals surface area (Å²) in [6.07, 6.45) is 0. The fraction of sp³-hybridized carbons (Fsp3) is 0.290. The number of rotatable bonds is 5. The molecule has 0 unspecified atom stereocenters. The fourth-order valence-corrected chi connectivity index (χ4v) is 4.43. The topological polar surface area (TPSA) is 49.4 Å². The van der Waals surface area contributed by atoms with Gasteiger partial charge in [0.2, 0.25) is 0 Å². The number of carbonyl (C=O) groups excluding carboxylic acids is 2. The SMILES string of the molecule is Cc1ccc(C2=C(Nc3ccc(C(C)C)cc3)C(=O)N(c3ccc(C(C)(C)C)cc3)C2=O)c(C)c1. The Bertz CT molecular complexity index is 1310. The number of aryl methyl sites for hydroxylation is 2. The highest BCUT2D eigenvalue weighted by Crippen LogP contribution is 2.36. The standard InChI is InChI=1S/C31H34N2O2/c1-19(2)22-9-13-24(14-10-22)32-28-27(26-17-8-20(3)18-21(26)4)29(34)33(30(28)35)25-15-11-23(12-16-25)31(5,6)7/h8-19,32H,1-7H3. The van der Waals surface area contributed by atoms with Crippen molar-refractivity contribution in [3.05, 3.63) is 100 Å². The highest BCUT2D eigenvalue weighted by Gasteiger charge is 2.40. The molecule has 1 aliphatic rings. The van der Waals surface area contributed by atoms with E-state index in [9.17, 15) is 9.59 Å². The van der Waals surface area contributed by atoms with Crippen LogP contribution in [0.15, 0.2) is 72.4 Å². The average molecular weight is 467 g/mol. The van der Waals surface area contributed by atoms with Gasteiger partial charge in [0.25, 0.3) is 11.8 Å². The van der Waals surface area contributed by atoms with Gasteiger partial charge in [-0.15, -0.1) is 0 Å². The molecule has 4 rings (SSSR count). The van der Waals surface area contributed by atoms with Crippen LogP contribution in [0.2, 0.25) is 0 Å². The maximum absolute atomic E-state index is 13.8. The zero-order valence-electron chi connectivity index (χ0n) is 21.7. The Hall–Kier alpha value is -3.66. The van der Waals surface area contributed by atoms with E-state index in [2.05, 4.69) is 52.1 Å². The molecule has 0 saturated heterocycles. The summed E-state index contributed by atoms with van der Waals surface area (Å²) in [4.78, 5) is 28.8. The van der Waals surface area contributed by atoms with Crippen LogP contribution in [-0.4, -0.2) is 11.8 Å². The second-order valence-electron chi connectivity index (χ2n) is 10.7. The number of hydrogen-bond donors (Lipinski definition) is 1. The van der Waals surface area contributed by atoms with Gasteiger partial charge < -0.3 is 5.32 Å². The summed E-state index contributed by atoms with van der Waals surface area (Å²) in [5.74, 6) is -0.247. The Morgan fingerprint density at radius 1 is 0.800 bits per heavy atom. The minimum absolute atomic E-state index is 0.0190. The minimum Gasteiger partial charge on any atom is -0.350 e. The summed E-state index contributed by atoms with van der Waals surface area (Å²) in [6.45, 7) is 14.7. The van der Waals surface area contributed by atoms with Gasteiger partial charge >= 0.3 is 0 Å². The third kappa shape index (κ3) is 4.79. The van der Waals surface area contributed by atoms with Gasteiger partial charge in [0.1, 0.15) is 5.70 Å². The molecule has 0 fully saturated rings. The van der Waals surface area contributed by atoms with E-state index in [4.69, 9.17) is 0 Å². The average Bonchev–Trinajstić information content (AvgIpc) is 3.03. The van der Waals surface area contributed by atoms with Crippen LogP contribution >= 0.6 is 0 Å². The van der Waals surface area contributed by atoms with E-state index in [0.29, 0.717) is 22.9 Å². The van der Waals surface area contributed by atoms with Crippen LogP contribution in [0.1, 0.15) is 68.4 Å². The number of imide groups is 1. The van der Waals surface area contributed by atoms with Crippen molar-refractivity contribution in [3.63, 3.8) is 0 Å². The summed E-state index contributed by atoms with van der Waals surface area (Å²) in [7, 11) is 0. The molecule has 0 radical (unpaired) electrons. The Labute approximate surface area is 208 Å². The first kappa shape index (κ1) is 24.5. The monoisotopic (exact) mass is 466 g/mol. The van der Waals surface area contributed by atoms with Crippen LogP contribution in [0.3, 0.4) is 0 Å². The minimum atomic E-state index is -0.346. The van der Waals surface area contributed by atoms with E-state index in [-0.39, 0.29) is 17.2 Å². The van der Waals surface area contributed by atoms with Crippen LogP contribution in [0.4, 0.5) is 11.4 Å². The van der Waals surface area contributed by atoms with Gasteiger partial charge in [-0.25, -0.2) is 4.90 Å². The largest absolute Gasteiger partial charge is 0.350 e. The first-order chi connectivity index (χ1) is 16.5. The van der Waals surface area contributed by atoms with Gasteiger partial charge in [0, 0.05) is 5.69 Å². The number of benzene rings is 3. The second kappa shape index (κ2) is 9.18. The smallest absolute Gasteiger partial charge is 0.282 e. The molecule has 3 aromatic rings. The van der Waals surface area contributed by atoms with Crippen molar-refractivity contribution in [3.8, 4) is 0 Å². The van der Waals surface area contributed by atoms with Gasteiger partial charge in [-0.2, -0.15) is 0 Å². The third-order valence-corrected chi connectivity index (χ3v) is 6.57. The fourth-order valence-electron chi connectivity index (χ4n) is 4.43. The van der Waals surface area contributed by atoms with Crippen LogP contribution in [0.5, 0.6) is 0 Å². The zero-order chi connectivity index (χ0) is 25.5. The van der Waals surface area contributed by atoms with Gasteiger partial charge in [0.05, 0.1) is 11.3 Å². The molecule has 1 N–H and O–H groups in total. The van der Waals surface area contributed by atoms with Crippen LogP contribution in [0.25, 0.3) is 5.57 Å². The predicted molar refractivity (Wildman–Crippen MR) is 145 cm³/mol. The van der Waals surface area contributed by atoms with E-state index in [1.54, 1.807) is 0 Å². The quantitative estimate of drug-likeness (QED) is 0.407. The lowest BCUT2D eigenvalue weighted by atomic mass is 9.87. The molecule has 0 spiro atoms. The molecule has 4 heteroatoms. The Morgan fingerprint density at radius 3 is 1.97 bits per heavy atom. The summed E-state index contributed by atoms with van der Waals surface area (Å²) in [5.41, 5.74) is 7.23. The molecule has 35 heavy (non-hydrogen) atoms. The van der Waals surface area contributed by atoms with E-state index in [1.165, 1.54) is 10.5 Å². The zero-order valence-corrected chi connectivity index (χ0v) is 21.7. The summed E-state index contributed by atoms with van der Waals surface area (Å²) in [5, 5.41) is 3.28. The van der Waals surface area contributed by atoms with Crippen LogP contribution in [-0.2, 0) is 15.0 Å². The van der Waals surface area contributed by atoms with Crippen molar-refractivity contribution in [1.29, 1.82) is 0 Å². The molecular weight excluding hydrogens is 432 g/mol. The van der Waals surface area contributed by atoms with Crippen LogP contribution in [0, 0.1) is 13.8 Å². The second-order valence-corrected chi connectivity index (χ2v) is 10.7. The van der Waals surface area contributed by atoms with Crippen molar-refractivity contribution < 1.29 is 9.59 Å². The predicted octanol–water partition coefficient (Wildman–Crippen LogP) is 7.12. The van der Waals surface area contributed by atoms with Crippen molar-refractivity contribution in [1.82, 2.24) is 0 Å². The molecule has 0 atom stereocenters. The molecule has 0 aliphatic carbocycles. The van der Waals surface area contributed by atoms with E-state index in [0.717, 1.165) is 27.9 Å². The Morgan fingerprint density at radius 2 is 1.43 bits per heavy atom. The summed E-state index contributed by atoms with van der Waals surface area (Å²) >= 11 is 0. The molecular formula is C31H34N2O2. The lowest BCUT2D eigenvalue weighted by Crippen LogP contribution is -2.32. The first-order valence-corrected chi connectivity index (χ1v) is 12.2. The highest BCUT2D eigenvalue weighted by atomic mass is 16.2. The molecule has 3 aromatic carbocycles. The Kier molecular flexibility index (Phi) is 6.42. The lowest BCUT2D eigenvalue weighted by Gasteiger charge is -2.21. The maximum Gasteiger partial charge on any atom is 0.282 e. The molecule has 4 nitrogen and oxygen atoms in total. The van der Waals surface area contributed by atoms with Crippen molar-refractivity contribution in [2.45, 2.75) is 59.8 Å². The molecule has 1 aliphatic heterocycles. The normalized spacial score (nSPS) is 14.3. The lowest BCUT2D eigenvalue weighted by molar-refractivity contribution is -0.120. The molecule has 180 valence electrons. The maximum atomic E-state index is 13.8. The number of hydrogen-bond acceptors (Lipinski definition) is 3. The van der Waals surface area contributed by atoms with Gasteiger partial charge in [-0.05, 0) is 71.7 Å². The van der Waals surface area contributed by atoms with Gasteiger partial charge in [-0.1, -0.05) is 82.6 Å². The van der Waals surface area contributed by atoms with E-state index < -0.39 is 0 Å². The number of nitrogens with zero attached hydrogens (tertiary/aromatic N) is 1. The first-order valence-electron chi connectivity index (χ1n) is 12.2. The van der Waals surface area contributed by atoms with Gasteiger partial charge in [0.15, 0.2) is 0 Å². The number of anilines is 2. The van der Waals surface area contributed by atoms with Crippen molar-refractivity contribution in [2.24, 2.45) is 0 Å². The highest BCUT2D eigenvalue weighted by molar-refractivity contribution is 6.46. The molecule has 2 amide bonds. The van der Waals surface area contributed by atoms with E-state index >= 15 is 0 Å². The van der Waals surface area contributed by atoms with Gasteiger partial charge in [-0.3, -0.25) is 9.59 Å². The Balaban J connectivity index is 1.78. The number of carbonyl (C=O) groups is 2. The number of nitrogens with one attached hydrogen (secondary N) is 1. The summed E-state index contributed by atoms with van der Waals surface area (Å²) < 4.78 is 0. The summed E-state index contributed by atoms with van der Waals surface area (Å²) in [6, 6.07) is 21.7. The molecule has 0 bridgehead atoms. The third-order valence-electron chi connectivity index (χ3n) is 6.57. The molecule has 1 heterocycles. The number of amides is 2. The van der Waals surface area contributed by atoms with Crippen molar-refractivity contribution >= 4 is 28.8 Å². The molecule has 0 saturated carbocycles. The molecule has 0 aromatic heterocycles. The van der Waals surface area contributed by atoms with Crippen LogP contribution < -0.4 is 10.2 Å². The van der Waals surface area contributed by atoms with E-state index in [1.807, 2.05) is 68.4 Å². The van der Waals surface area contributed by atoms with Crippen molar-refractivity contribution in [2.75, 3.05) is 10.2 Å².